The highest BCUT2D eigenvalue weighted by atomic mass is 16.4. The fraction of sp³-hybridized carbons (Fsp3) is 0.545. The van der Waals surface area contributed by atoms with Gasteiger partial charge in [0.2, 0.25) is 0 Å². The predicted molar refractivity (Wildman–Crippen MR) is 67.4 cm³/mol. The van der Waals surface area contributed by atoms with E-state index in [0.717, 1.165) is 6.42 Å². The quantitative estimate of drug-likeness (QED) is 0.354. The van der Waals surface area contributed by atoms with Crippen LogP contribution in [0.3, 0.4) is 0 Å². The Bertz CT molecular complexity index is 418. The highest BCUT2D eigenvalue weighted by Gasteiger charge is 2.17. The standard InChI is InChI=1S/C11H19N5O/c1-5-7(2)16(4)11-9(10(12)15-17)6-13-8(3)14-11/h6-7,17H,5H2,1-4H3,(H2,12,15). The van der Waals surface area contributed by atoms with Crippen LogP contribution >= 0.6 is 0 Å². The summed E-state index contributed by atoms with van der Waals surface area (Å²) in [6, 6.07) is 0.314. The Morgan fingerprint density at radius 2 is 2.29 bits per heavy atom. The first-order valence-electron chi connectivity index (χ1n) is 5.55. The first-order chi connectivity index (χ1) is 8.01. The van der Waals surface area contributed by atoms with Crippen molar-refractivity contribution in [2.75, 3.05) is 11.9 Å². The predicted octanol–water partition coefficient (Wildman–Crippen LogP) is 1.11. The van der Waals surface area contributed by atoms with Crippen LogP contribution in [0.2, 0.25) is 0 Å². The minimum Gasteiger partial charge on any atom is -0.409 e. The minimum atomic E-state index is 0.0233. The van der Waals surface area contributed by atoms with Crippen LogP contribution in [-0.4, -0.2) is 34.1 Å². The summed E-state index contributed by atoms with van der Waals surface area (Å²) in [6.07, 6.45) is 2.56. The Hall–Kier alpha value is -1.85. The summed E-state index contributed by atoms with van der Waals surface area (Å²) >= 11 is 0. The largest absolute Gasteiger partial charge is 0.409 e. The van der Waals surface area contributed by atoms with Gasteiger partial charge in [0, 0.05) is 19.3 Å². The molecular weight excluding hydrogens is 218 g/mol. The number of anilines is 1. The summed E-state index contributed by atoms with van der Waals surface area (Å²) in [7, 11) is 1.93. The first-order valence-corrected chi connectivity index (χ1v) is 5.55. The lowest BCUT2D eigenvalue weighted by atomic mass is 10.2. The molecule has 1 aromatic rings. The number of aromatic nitrogens is 2. The number of nitrogens with two attached hydrogens (primary N) is 1. The molecule has 0 aliphatic heterocycles. The molecule has 1 unspecified atom stereocenters. The van der Waals surface area contributed by atoms with Crippen molar-refractivity contribution < 1.29 is 5.21 Å². The zero-order valence-corrected chi connectivity index (χ0v) is 10.7. The third-order valence-electron chi connectivity index (χ3n) is 2.86. The van der Waals surface area contributed by atoms with Crippen molar-refractivity contribution in [3.05, 3.63) is 17.6 Å². The van der Waals surface area contributed by atoms with Crippen molar-refractivity contribution >= 4 is 11.7 Å². The summed E-state index contributed by atoms with van der Waals surface area (Å²) < 4.78 is 0. The van der Waals surface area contributed by atoms with Crippen LogP contribution in [0, 0.1) is 6.92 Å². The Balaban J connectivity index is 3.24. The van der Waals surface area contributed by atoms with E-state index < -0.39 is 0 Å². The van der Waals surface area contributed by atoms with Gasteiger partial charge in [0.25, 0.3) is 0 Å². The van der Waals surface area contributed by atoms with Gasteiger partial charge in [0.15, 0.2) is 5.84 Å². The maximum Gasteiger partial charge on any atom is 0.175 e. The van der Waals surface area contributed by atoms with Gasteiger partial charge in [-0.2, -0.15) is 0 Å². The molecule has 0 saturated heterocycles. The fourth-order valence-corrected chi connectivity index (χ4v) is 1.44. The second-order valence-electron chi connectivity index (χ2n) is 4.01. The molecule has 94 valence electrons. The molecule has 17 heavy (non-hydrogen) atoms. The molecule has 0 saturated carbocycles. The molecule has 1 heterocycles. The average Bonchev–Trinajstić information content (AvgIpc) is 2.35. The van der Waals surface area contributed by atoms with Gasteiger partial charge in [0.05, 0.1) is 5.56 Å². The van der Waals surface area contributed by atoms with Crippen LogP contribution in [0.4, 0.5) is 5.82 Å². The van der Waals surface area contributed by atoms with Gasteiger partial charge < -0.3 is 15.8 Å². The summed E-state index contributed by atoms with van der Waals surface area (Å²) in [5.41, 5.74) is 6.16. The van der Waals surface area contributed by atoms with Crippen molar-refractivity contribution in [2.45, 2.75) is 33.2 Å². The Morgan fingerprint density at radius 1 is 1.65 bits per heavy atom. The lowest BCUT2D eigenvalue weighted by Crippen LogP contribution is -2.32. The fourth-order valence-electron chi connectivity index (χ4n) is 1.44. The van der Waals surface area contributed by atoms with Gasteiger partial charge in [0.1, 0.15) is 11.6 Å². The number of hydrogen-bond donors (Lipinski definition) is 2. The van der Waals surface area contributed by atoms with E-state index in [1.165, 1.54) is 0 Å². The molecule has 0 aliphatic carbocycles. The second-order valence-corrected chi connectivity index (χ2v) is 4.01. The maximum atomic E-state index is 8.75. The van der Waals surface area contributed by atoms with Crippen molar-refractivity contribution in [3.8, 4) is 0 Å². The molecule has 1 rings (SSSR count). The van der Waals surface area contributed by atoms with E-state index in [9.17, 15) is 0 Å². The lowest BCUT2D eigenvalue weighted by molar-refractivity contribution is 0.318. The molecule has 6 heteroatoms. The number of aryl methyl sites for hydroxylation is 1. The topological polar surface area (TPSA) is 87.6 Å². The summed E-state index contributed by atoms with van der Waals surface area (Å²) in [6.45, 7) is 6.00. The first kappa shape index (κ1) is 13.2. The molecule has 3 N–H and O–H groups in total. The molecule has 0 spiro atoms. The Labute approximate surface area is 101 Å². The molecule has 1 aromatic heterocycles. The van der Waals surface area contributed by atoms with E-state index in [2.05, 4.69) is 29.0 Å². The van der Waals surface area contributed by atoms with Gasteiger partial charge in [-0.05, 0) is 20.3 Å². The van der Waals surface area contributed by atoms with E-state index in [0.29, 0.717) is 23.2 Å². The third-order valence-corrected chi connectivity index (χ3v) is 2.86. The van der Waals surface area contributed by atoms with E-state index in [-0.39, 0.29) is 5.84 Å². The second kappa shape index (κ2) is 5.47. The number of nitrogens with zero attached hydrogens (tertiary/aromatic N) is 4. The van der Waals surface area contributed by atoms with Gasteiger partial charge in [-0.15, -0.1) is 0 Å². The zero-order valence-electron chi connectivity index (χ0n) is 10.7. The van der Waals surface area contributed by atoms with Crippen LogP contribution in [0.15, 0.2) is 11.4 Å². The zero-order chi connectivity index (χ0) is 13.0. The molecule has 0 aliphatic rings. The lowest BCUT2D eigenvalue weighted by Gasteiger charge is -2.26. The third kappa shape index (κ3) is 2.83. The van der Waals surface area contributed by atoms with Crippen molar-refractivity contribution in [3.63, 3.8) is 0 Å². The molecule has 0 aromatic carbocycles. The highest BCUT2D eigenvalue weighted by Crippen LogP contribution is 2.19. The van der Waals surface area contributed by atoms with Crippen LogP contribution < -0.4 is 10.6 Å². The van der Waals surface area contributed by atoms with E-state index in [1.54, 1.807) is 6.20 Å². The molecule has 1 atom stereocenters. The van der Waals surface area contributed by atoms with E-state index in [1.807, 2.05) is 18.9 Å². The smallest absolute Gasteiger partial charge is 0.175 e. The van der Waals surface area contributed by atoms with Crippen LogP contribution in [0.1, 0.15) is 31.7 Å². The van der Waals surface area contributed by atoms with Crippen LogP contribution in [0.25, 0.3) is 0 Å². The number of amidine groups is 1. The summed E-state index contributed by atoms with van der Waals surface area (Å²) in [4.78, 5) is 10.4. The minimum absolute atomic E-state index is 0.0233. The average molecular weight is 237 g/mol. The van der Waals surface area contributed by atoms with E-state index >= 15 is 0 Å². The van der Waals surface area contributed by atoms with Gasteiger partial charge in [-0.1, -0.05) is 12.1 Å². The van der Waals surface area contributed by atoms with Crippen LogP contribution in [0.5, 0.6) is 0 Å². The Morgan fingerprint density at radius 3 is 2.82 bits per heavy atom. The molecule has 0 amide bonds. The van der Waals surface area contributed by atoms with Crippen molar-refractivity contribution in [2.24, 2.45) is 10.9 Å². The van der Waals surface area contributed by atoms with E-state index in [4.69, 9.17) is 10.9 Å². The summed E-state index contributed by atoms with van der Waals surface area (Å²) in [5, 5.41) is 11.8. The van der Waals surface area contributed by atoms with Crippen molar-refractivity contribution in [1.29, 1.82) is 0 Å². The summed E-state index contributed by atoms with van der Waals surface area (Å²) in [5.74, 6) is 1.36. The molecule has 6 nitrogen and oxygen atoms in total. The number of oxime groups is 1. The maximum absolute atomic E-state index is 8.75. The molecular formula is C11H19N5O. The molecule has 0 bridgehead atoms. The monoisotopic (exact) mass is 237 g/mol. The number of hydrogen-bond acceptors (Lipinski definition) is 5. The van der Waals surface area contributed by atoms with Crippen molar-refractivity contribution in [1.82, 2.24) is 9.97 Å². The van der Waals surface area contributed by atoms with Crippen LogP contribution in [-0.2, 0) is 0 Å². The van der Waals surface area contributed by atoms with Gasteiger partial charge in [-0.3, -0.25) is 0 Å². The number of rotatable bonds is 4. The normalized spacial score (nSPS) is 13.5. The van der Waals surface area contributed by atoms with Gasteiger partial charge >= 0.3 is 0 Å². The SMILES string of the molecule is CCC(C)N(C)c1nc(C)ncc1C(N)=NO. The molecule has 0 radical (unpaired) electrons. The highest BCUT2D eigenvalue weighted by molar-refractivity contribution is 6.01. The van der Waals surface area contributed by atoms with Gasteiger partial charge in [-0.25, -0.2) is 9.97 Å². The Kier molecular flexibility index (Phi) is 4.25. The molecule has 0 fully saturated rings.